The van der Waals surface area contributed by atoms with Crippen molar-refractivity contribution in [2.75, 3.05) is 5.32 Å². The van der Waals surface area contributed by atoms with Crippen molar-refractivity contribution in [2.45, 2.75) is 64.7 Å². The molecule has 0 spiro atoms. The summed E-state index contributed by atoms with van der Waals surface area (Å²) in [6.45, 7) is 6.77. The van der Waals surface area contributed by atoms with Gasteiger partial charge in [0.1, 0.15) is 0 Å². The molecule has 1 aromatic carbocycles. The lowest BCUT2D eigenvalue weighted by atomic mass is 9.72. The van der Waals surface area contributed by atoms with Crippen molar-refractivity contribution in [1.82, 2.24) is 0 Å². The van der Waals surface area contributed by atoms with Gasteiger partial charge >= 0.3 is 0 Å². The molecule has 0 aromatic heterocycles. The number of anilines is 1. The van der Waals surface area contributed by atoms with Crippen LogP contribution in [0.2, 0.25) is 0 Å². The molecule has 20 heavy (non-hydrogen) atoms. The average molecular weight is 270 g/mol. The molecule has 2 rings (SSSR count). The normalized spacial score (nSPS) is 22.6. The fourth-order valence-corrected chi connectivity index (χ4v) is 3.83. The smallest absolute Gasteiger partial charge is 0.181 e. The Morgan fingerprint density at radius 1 is 1.30 bits per heavy atom. The van der Waals surface area contributed by atoms with E-state index < -0.39 is 0 Å². The van der Waals surface area contributed by atoms with Gasteiger partial charge in [0, 0.05) is 0 Å². The minimum Gasteiger partial charge on any atom is -0.293 e. The van der Waals surface area contributed by atoms with Crippen molar-refractivity contribution in [3.63, 3.8) is 0 Å². The monoisotopic (exact) mass is 270 g/mol. The van der Waals surface area contributed by atoms with E-state index in [-0.39, 0.29) is 0 Å². The number of hydrogen-bond acceptors (Lipinski definition) is 2. The molecule has 2 unspecified atom stereocenters. The van der Waals surface area contributed by atoms with Crippen molar-refractivity contribution in [3.8, 4) is 6.19 Å². The summed E-state index contributed by atoms with van der Waals surface area (Å²) >= 11 is 0. The van der Waals surface area contributed by atoms with Gasteiger partial charge in [0.2, 0.25) is 0 Å². The third-order valence-corrected chi connectivity index (χ3v) is 4.74. The van der Waals surface area contributed by atoms with Crippen molar-refractivity contribution < 1.29 is 0 Å². The van der Waals surface area contributed by atoms with E-state index in [4.69, 9.17) is 5.26 Å². The van der Waals surface area contributed by atoms with E-state index in [1.54, 1.807) is 0 Å². The predicted molar refractivity (Wildman–Crippen MR) is 84.8 cm³/mol. The van der Waals surface area contributed by atoms with Crippen LogP contribution in [0.1, 0.15) is 75.8 Å². The van der Waals surface area contributed by atoms with Crippen molar-refractivity contribution in [1.29, 1.82) is 5.26 Å². The van der Waals surface area contributed by atoms with Gasteiger partial charge in [-0.3, -0.25) is 5.32 Å². The van der Waals surface area contributed by atoms with Gasteiger partial charge < -0.3 is 0 Å². The first kappa shape index (κ1) is 14.9. The third-order valence-electron chi connectivity index (χ3n) is 4.74. The van der Waals surface area contributed by atoms with Gasteiger partial charge in [-0.15, -0.1) is 0 Å². The number of hydrogen-bond donors (Lipinski definition) is 1. The second kappa shape index (κ2) is 6.79. The van der Waals surface area contributed by atoms with Crippen LogP contribution in [0.25, 0.3) is 0 Å². The van der Waals surface area contributed by atoms with Crippen molar-refractivity contribution >= 4 is 5.69 Å². The fourth-order valence-electron chi connectivity index (χ4n) is 3.83. The highest BCUT2D eigenvalue weighted by Gasteiger charge is 2.28. The van der Waals surface area contributed by atoms with E-state index in [2.05, 4.69) is 44.4 Å². The van der Waals surface area contributed by atoms with Crippen LogP contribution < -0.4 is 5.32 Å². The van der Waals surface area contributed by atoms with Crippen LogP contribution in [0, 0.1) is 17.4 Å². The number of nitrogens with one attached hydrogen (secondary N) is 1. The van der Waals surface area contributed by atoms with Crippen LogP contribution in [-0.4, -0.2) is 0 Å². The zero-order valence-corrected chi connectivity index (χ0v) is 12.9. The largest absolute Gasteiger partial charge is 0.293 e. The van der Waals surface area contributed by atoms with Gasteiger partial charge in [0.05, 0.1) is 5.69 Å². The van der Waals surface area contributed by atoms with E-state index in [9.17, 15) is 0 Å². The maximum Gasteiger partial charge on any atom is 0.181 e. The van der Waals surface area contributed by atoms with Gasteiger partial charge in [-0.25, -0.2) is 0 Å². The number of rotatable bonds is 4. The maximum absolute atomic E-state index is 8.96. The fraction of sp³-hybridized carbons (Fsp3) is 0.611. The topological polar surface area (TPSA) is 35.8 Å². The van der Waals surface area contributed by atoms with Crippen LogP contribution in [-0.2, 0) is 0 Å². The summed E-state index contributed by atoms with van der Waals surface area (Å²) in [4.78, 5) is 0. The summed E-state index contributed by atoms with van der Waals surface area (Å²) in [5, 5.41) is 11.8. The van der Waals surface area contributed by atoms with Crippen LogP contribution in [0.4, 0.5) is 5.69 Å². The molecule has 1 aliphatic rings. The van der Waals surface area contributed by atoms with Gasteiger partial charge in [-0.05, 0) is 47.8 Å². The maximum atomic E-state index is 8.96. The second-order valence-electron chi connectivity index (χ2n) is 6.26. The van der Waals surface area contributed by atoms with Gasteiger partial charge in [-0.2, -0.15) is 5.26 Å². The Morgan fingerprint density at radius 2 is 2.05 bits per heavy atom. The summed E-state index contributed by atoms with van der Waals surface area (Å²) < 4.78 is 0. The molecule has 1 N–H and O–H groups in total. The first-order valence-corrected chi connectivity index (χ1v) is 7.96. The molecule has 0 radical (unpaired) electrons. The minimum absolute atomic E-state index is 0.446. The average Bonchev–Trinajstić information content (AvgIpc) is 2.47. The lowest BCUT2D eigenvalue weighted by molar-refractivity contribution is 0.298. The molecular weight excluding hydrogens is 244 g/mol. The standard InChI is InChI=1S/C18H26N2/c1-4-14-8-5-6-9-15(14)16-10-7-11-17(20-12-19)18(16)13(2)3/h7,10-11,13-15,20H,4-6,8-9H2,1-3H3. The molecular formula is C18H26N2. The van der Waals surface area contributed by atoms with Crippen LogP contribution >= 0.6 is 0 Å². The Labute approximate surface area is 123 Å². The molecule has 1 aliphatic carbocycles. The molecule has 0 heterocycles. The first-order chi connectivity index (χ1) is 9.69. The minimum atomic E-state index is 0.446. The van der Waals surface area contributed by atoms with Gasteiger partial charge in [0.15, 0.2) is 6.19 Å². The lowest BCUT2D eigenvalue weighted by Crippen LogP contribution is -2.19. The molecule has 0 aliphatic heterocycles. The summed E-state index contributed by atoms with van der Waals surface area (Å²) in [6, 6.07) is 6.42. The van der Waals surface area contributed by atoms with Crippen molar-refractivity contribution in [3.05, 3.63) is 29.3 Å². The summed E-state index contributed by atoms with van der Waals surface area (Å²) in [6.07, 6.45) is 8.72. The first-order valence-electron chi connectivity index (χ1n) is 7.96. The van der Waals surface area contributed by atoms with Crippen LogP contribution in [0.3, 0.4) is 0 Å². The Bertz CT molecular complexity index is 485. The zero-order valence-electron chi connectivity index (χ0n) is 12.9. The highest BCUT2D eigenvalue weighted by Crippen LogP contribution is 2.43. The SMILES string of the molecule is CCC1CCCCC1c1cccc(NC#N)c1C(C)C. The summed E-state index contributed by atoms with van der Waals surface area (Å²) in [5.41, 5.74) is 3.83. The highest BCUT2D eigenvalue weighted by atomic mass is 14.9. The Hall–Kier alpha value is -1.49. The van der Waals surface area contributed by atoms with E-state index in [0.29, 0.717) is 11.8 Å². The molecule has 1 fully saturated rings. The second-order valence-corrected chi connectivity index (χ2v) is 6.26. The molecule has 2 atom stereocenters. The van der Waals surface area contributed by atoms with E-state index >= 15 is 0 Å². The van der Waals surface area contributed by atoms with E-state index in [0.717, 1.165) is 11.6 Å². The molecule has 2 nitrogen and oxygen atoms in total. The summed E-state index contributed by atoms with van der Waals surface area (Å²) in [7, 11) is 0. The third kappa shape index (κ3) is 2.98. The van der Waals surface area contributed by atoms with Gasteiger partial charge in [-0.1, -0.05) is 52.2 Å². The molecule has 1 saturated carbocycles. The predicted octanol–water partition coefficient (Wildman–Crippen LogP) is 5.39. The van der Waals surface area contributed by atoms with Crippen LogP contribution in [0.5, 0.6) is 0 Å². The molecule has 1 aromatic rings. The quantitative estimate of drug-likeness (QED) is 0.588. The number of benzene rings is 1. The van der Waals surface area contributed by atoms with Crippen molar-refractivity contribution in [2.24, 2.45) is 5.92 Å². The summed E-state index contributed by atoms with van der Waals surface area (Å²) in [5.74, 6) is 1.92. The van der Waals surface area contributed by atoms with E-state index in [1.165, 1.54) is 43.2 Å². The number of nitriles is 1. The van der Waals surface area contributed by atoms with Crippen LogP contribution in [0.15, 0.2) is 18.2 Å². The Balaban J connectivity index is 2.44. The lowest BCUT2D eigenvalue weighted by Gasteiger charge is -2.33. The molecule has 108 valence electrons. The molecule has 0 saturated heterocycles. The Morgan fingerprint density at radius 3 is 2.70 bits per heavy atom. The number of nitrogens with zero attached hydrogens (tertiary/aromatic N) is 1. The molecule has 0 amide bonds. The van der Waals surface area contributed by atoms with Gasteiger partial charge in [0.25, 0.3) is 0 Å². The van der Waals surface area contributed by atoms with E-state index in [1.807, 2.05) is 6.07 Å². The molecule has 0 bridgehead atoms. The zero-order chi connectivity index (χ0) is 14.5. The molecule has 2 heteroatoms. The Kier molecular flexibility index (Phi) is 5.06. The highest BCUT2D eigenvalue weighted by molar-refractivity contribution is 5.59.